The fraction of sp³-hybridized carbons (Fsp3) is 0.0606. The summed E-state index contributed by atoms with van der Waals surface area (Å²) in [6.07, 6.45) is 0. The maximum atomic E-state index is 6.10. The van der Waals surface area contributed by atoms with Gasteiger partial charge >= 0.3 is 0 Å². The van der Waals surface area contributed by atoms with E-state index in [1.165, 1.54) is 11.1 Å². The van der Waals surface area contributed by atoms with Crippen LogP contribution in [0.2, 0.25) is 0 Å². The molecule has 0 N–H and O–H groups in total. The van der Waals surface area contributed by atoms with Crippen LogP contribution >= 0.6 is 0 Å². The fourth-order valence-electron chi connectivity index (χ4n) is 4.91. The Morgan fingerprint density at radius 1 is 0.639 bits per heavy atom. The molecule has 174 valence electrons. The molecule has 1 unspecified atom stereocenters. The number of nitrogens with zero attached hydrogens (tertiary/aromatic N) is 1. The van der Waals surface area contributed by atoms with E-state index in [4.69, 9.17) is 9.15 Å². The number of para-hydroxylation sites is 1. The zero-order valence-electron chi connectivity index (χ0n) is 20.0. The number of furan rings is 1. The highest BCUT2D eigenvalue weighted by atomic mass is 16.5. The number of hydrogen-bond donors (Lipinski definition) is 0. The van der Waals surface area contributed by atoms with E-state index < -0.39 is 0 Å². The van der Waals surface area contributed by atoms with Crippen LogP contribution in [0.3, 0.4) is 0 Å². The summed E-state index contributed by atoms with van der Waals surface area (Å²) < 4.78 is 11.9. The molecule has 0 amide bonds. The summed E-state index contributed by atoms with van der Waals surface area (Å²) in [7, 11) is 1.71. The Hall–Kier alpha value is -4.63. The minimum atomic E-state index is -0.231. The lowest BCUT2D eigenvalue weighted by atomic mass is 9.94. The van der Waals surface area contributed by atoms with Crippen molar-refractivity contribution < 1.29 is 9.15 Å². The van der Waals surface area contributed by atoms with Gasteiger partial charge < -0.3 is 9.15 Å². The maximum Gasteiger partial charge on any atom is 0.135 e. The summed E-state index contributed by atoms with van der Waals surface area (Å²) in [5.41, 5.74) is 8.31. The van der Waals surface area contributed by atoms with Gasteiger partial charge in [0.2, 0.25) is 0 Å². The van der Waals surface area contributed by atoms with Gasteiger partial charge in [-0.05, 0) is 52.7 Å². The first-order chi connectivity index (χ1) is 17.7. The molecule has 5 aromatic carbocycles. The van der Waals surface area contributed by atoms with Gasteiger partial charge in [0, 0.05) is 16.3 Å². The van der Waals surface area contributed by atoms with E-state index in [-0.39, 0.29) is 6.04 Å². The van der Waals surface area contributed by atoms with E-state index in [2.05, 4.69) is 103 Å². The van der Waals surface area contributed by atoms with Crippen molar-refractivity contribution in [2.24, 2.45) is 4.99 Å². The average Bonchev–Trinajstić information content (AvgIpc) is 3.32. The fourth-order valence-corrected chi connectivity index (χ4v) is 4.91. The van der Waals surface area contributed by atoms with Crippen LogP contribution in [0, 0.1) is 0 Å². The molecule has 3 nitrogen and oxygen atoms in total. The van der Waals surface area contributed by atoms with Gasteiger partial charge in [0.05, 0.1) is 13.2 Å². The van der Waals surface area contributed by atoms with Gasteiger partial charge in [-0.1, -0.05) is 97.1 Å². The lowest BCUT2D eigenvalue weighted by Gasteiger charge is -2.16. The van der Waals surface area contributed by atoms with Crippen molar-refractivity contribution in [1.29, 1.82) is 0 Å². The SMILES string of the molecule is C=NC(c1ccc(-c2ccc(-c3ccccc3)cc2)c(OC)c1)c1ccc2c(c1)oc1ccccc12. The quantitative estimate of drug-likeness (QED) is 0.230. The maximum absolute atomic E-state index is 6.10. The Morgan fingerprint density at radius 3 is 2.06 bits per heavy atom. The molecule has 6 aromatic rings. The van der Waals surface area contributed by atoms with Crippen molar-refractivity contribution in [3.8, 4) is 28.0 Å². The smallest absolute Gasteiger partial charge is 0.135 e. The van der Waals surface area contributed by atoms with Crippen LogP contribution in [0.1, 0.15) is 17.2 Å². The molecule has 0 aliphatic carbocycles. The normalized spacial score (nSPS) is 12.0. The monoisotopic (exact) mass is 467 g/mol. The molecule has 0 saturated carbocycles. The summed E-state index contributed by atoms with van der Waals surface area (Å²) in [5, 5.41) is 2.22. The number of hydrogen-bond acceptors (Lipinski definition) is 3. The minimum Gasteiger partial charge on any atom is -0.496 e. The van der Waals surface area contributed by atoms with Crippen molar-refractivity contribution in [2.75, 3.05) is 7.11 Å². The molecule has 1 atom stereocenters. The first kappa shape index (κ1) is 21.9. The van der Waals surface area contributed by atoms with E-state index >= 15 is 0 Å². The average molecular weight is 468 g/mol. The molecule has 0 fully saturated rings. The van der Waals surface area contributed by atoms with Crippen molar-refractivity contribution in [3.05, 3.63) is 126 Å². The van der Waals surface area contributed by atoms with Gasteiger partial charge in [0.25, 0.3) is 0 Å². The standard InChI is InChI=1S/C33H25NO2/c1-34-33(26-17-19-29-28-10-6-7-11-30(28)36-32(29)21-26)25-16-18-27(31(20-25)35-2)24-14-12-23(13-15-24)22-8-4-3-5-9-22/h3-21,33H,1H2,2H3. The Labute approximate surface area is 210 Å². The van der Waals surface area contributed by atoms with E-state index in [0.29, 0.717) is 0 Å². The number of methoxy groups -OCH3 is 1. The summed E-state index contributed by atoms with van der Waals surface area (Å²) in [4.78, 5) is 4.47. The van der Waals surface area contributed by atoms with Crippen LogP contribution in [0.15, 0.2) is 125 Å². The Balaban J connectivity index is 1.35. The molecular weight excluding hydrogens is 442 g/mol. The zero-order valence-corrected chi connectivity index (χ0v) is 20.0. The molecule has 6 rings (SSSR count). The predicted molar refractivity (Wildman–Crippen MR) is 149 cm³/mol. The first-order valence-electron chi connectivity index (χ1n) is 12.0. The summed E-state index contributed by atoms with van der Waals surface area (Å²) in [5.74, 6) is 0.804. The molecule has 0 aliphatic heterocycles. The van der Waals surface area contributed by atoms with E-state index in [0.717, 1.165) is 49.9 Å². The van der Waals surface area contributed by atoms with E-state index in [9.17, 15) is 0 Å². The van der Waals surface area contributed by atoms with Crippen LogP contribution in [-0.2, 0) is 0 Å². The third-order valence-electron chi connectivity index (χ3n) is 6.75. The van der Waals surface area contributed by atoms with Crippen molar-refractivity contribution in [3.63, 3.8) is 0 Å². The van der Waals surface area contributed by atoms with Gasteiger partial charge in [-0.15, -0.1) is 0 Å². The molecule has 0 aliphatic rings. The minimum absolute atomic E-state index is 0.231. The molecule has 0 radical (unpaired) electrons. The van der Waals surface area contributed by atoms with Crippen LogP contribution in [-0.4, -0.2) is 13.8 Å². The number of benzene rings is 5. The third-order valence-corrected chi connectivity index (χ3v) is 6.75. The summed E-state index contributed by atoms with van der Waals surface area (Å²) in [6.45, 7) is 3.89. The lowest BCUT2D eigenvalue weighted by molar-refractivity contribution is 0.415. The molecule has 0 spiro atoms. The molecule has 36 heavy (non-hydrogen) atoms. The van der Waals surface area contributed by atoms with Gasteiger partial charge in [-0.25, -0.2) is 0 Å². The highest BCUT2D eigenvalue weighted by molar-refractivity contribution is 6.04. The van der Waals surface area contributed by atoms with Gasteiger partial charge in [0.15, 0.2) is 0 Å². The molecule has 0 bridgehead atoms. The second-order valence-corrected chi connectivity index (χ2v) is 8.84. The van der Waals surface area contributed by atoms with Crippen molar-refractivity contribution >= 4 is 28.7 Å². The van der Waals surface area contributed by atoms with Gasteiger partial charge in [-0.3, -0.25) is 4.99 Å². The second kappa shape index (κ2) is 9.20. The van der Waals surface area contributed by atoms with Crippen LogP contribution in [0.5, 0.6) is 5.75 Å². The predicted octanol–water partition coefficient (Wildman–Crippen LogP) is 8.72. The molecular formula is C33H25NO2. The highest BCUT2D eigenvalue weighted by Crippen LogP contribution is 2.38. The van der Waals surface area contributed by atoms with Crippen molar-refractivity contribution in [1.82, 2.24) is 0 Å². The number of aliphatic imine (C=N–C) groups is 1. The number of ether oxygens (including phenoxy) is 1. The highest BCUT2D eigenvalue weighted by Gasteiger charge is 2.17. The number of fused-ring (bicyclic) bond motifs is 3. The summed E-state index contributed by atoms with van der Waals surface area (Å²) in [6, 6.07) is 39.4. The summed E-state index contributed by atoms with van der Waals surface area (Å²) >= 11 is 0. The van der Waals surface area contributed by atoms with Crippen LogP contribution in [0.4, 0.5) is 0 Å². The van der Waals surface area contributed by atoms with Crippen molar-refractivity contribution in [2.45, 2.75) is 6.04 Å². The second-order valence-electron chi connectivity index (χ2n) is 8.84. The lowest BCUT2D eigenvalue weighted by Crippen LogP contribution is -1.99. The largest absolute Gasteiger partial charge is 0.496 e. The zero-order chi connectivity index (χ0) is 24.5. The first-order valence-corrected chi connectivity index (χ1v) is 12.0. The van der Waals surface area contributed by atoms with E-state index in [1.54, 1.807) is 7.11 Å². The third kappa shape index (κ3) is 3.85. The molecule has 1 aromatic heterocycles. The topological polar surface area (TPSA) is 34.7 Å². The van der Waals surface area contributed by atoms with Crippen LogP contribution in [0.25, 0.3) is 44.2 Å². The van der Waals surface area contributed by atoms with E-state index in [1.807, 2.05) is 24.3 Å². The Morgan fingerprint density at radius 2 is 1.28 bits per heavy atom. The number of rotatable bonds is 6. The molecule has 1 heterocycles. The Kier molecular flexibility index (Phi) is 5.59. The van der Waals surface area contributed by atoms with Gasteiger partial charge in [0.1, 0.15) is 16.9 Å². The Bertz CT molecular complexity index is 1680. The van der Waals surface area contributed by atoms with Gasteiger partial charge in [-0.2, -0.15) is 0 Å². The van der Waals surface area contributed by atoms with Crippen LogP contribution < -0.4 is 4.74 Å². The molecule has 3 heteroatoms. The molecule has 0 saturated heterocycles.